The zero-order chi connectivity index (χ0) is 18.8. The zero-order valence-electron chi connectivity index (χ0n) is 16.8. The molecule has 0 N–H and O–H groups in total. The molecule has 4 unspecified atom stereocenters. The van der Waals surface area contributed by atoms with Crippen LogP contribution in [0.1, 0.15) is 44.3 Å². The van der Waals surface area contributed by atoms with E-state index in [4.69, 9.17) is 4.52 Å². The van der Waals surface area contributed by atoms with Crippen molar-refractivity contribution >= 4 is 11.9 Å². The number of nitrogens with zero attached hydrogens (tertiary/aromatic N) is 5. The minimum Gasteiger partial charge on any atom is -0.342 e. The van der Waals surface area contributed by atoms with Crippen molar-refractivity contribution in [2.24, 2.45) is 23.7 Å². The van der Waals surface area contributed by atoms with Crippen LogP contribution in [0.2, 0.25) is 0 Å². The van der Waals surface area contributed by atoms with Crippen molar-refractivity contribution in [3.63, 3.8) is 0 Å². The summed E-state index contributed by atoms with van der Waals surface area (Å²) < 4.78 is 5.45. The molecule has 2 aliphatic carbocycles. The highest BCUT2D eigenvalue weighted by Crippen LogP contribution is 2.54. The third-order valence-electron chi connectivity index (χ3n) is 8.10. The van der Waals surface area contributed by atoms with Crippen LogP contribution in [-0.4, -0.2) is 70.7 Å². The first-order valence-corrected chi connectivity index (χ1v) is 11.3. The fourth-order valence-electron chi connectivity index (χ4n) is 6.69. The molecule has 2 bridgehead atoms. The van der Waals surface area contributed by atoms with Gasteiger partial charge in [0.05, 0.1) is 0 Å². The Morgan fingerprint density at radius 3 is 2.46 bits per heavy atom. The minimum atomic E-state index is 0.340. The molecule has 3 aliphatic heterocycles. The van der Waals surface area contributed by atoms with Gasteiger partial charge in [0.1, 0.15) is 0 Å². The van der Waals surface area contributed by atoms with E-state index in [-0.39, 0.29) is 0 Å². The number of fused-ring (bicyclic) bond motifs is 3. The molecule has 0 radical (unpaired) electrons. The van der Waals surface area contributed by atoms with Crippen LogP contribution in [0.5, 0.6) is 0 Å². The Balaban J connectivity index is 1.06. The second-order valence-corrected chi connectivity index (χ2v) is 9.85. The van der Waals surface area contributed by atoms with E-state index in [2.05, 4.69) is 24.8 Å². The Labute approximate surface area is 166 Å². The fourth-order valence-corrected chi connectivity index (χ4v) is 6.69. The standard InChI is InChI=1S/C21H31N5O2/c1-13-22-21(28-23-13)26-10-14-7-15(9-16(26)8-14)25-11-17-18(12-25)19(17)20(27)24-5-3-2-4-6-24/h14-19H,2-12H2,1H3/t14?,15?,16?,17-,18+,19?. The number of carbonyl (C=O) groups excluding carboxylic acids is 1. The predicted octanol–water partition coefficient (Wildman–Crippen LogP) is 1.93. The first-order chi connectivity index (χ1) is 13.7. The van der Waals surface area contributed by atoms with E-state index in [9.17, 15) is 4.79 Å². The van der Waals surface area contributed by atoms with Crippen molar-refractivity contribution in [2.45, 2.75) is 57.5 Å². The highest BCUT2D eigenvalue weighted by Gasteiger charge is 2.61. The number of hydrogen-bond donors (Lipinski definition) is 0. The lowest BCUT2D eigenvalue weighted by Crippen LogP contribution is -2.44. The lowest BCUT2D eigenvalue weighted by molar-refractivity contribution is -0.134. The van der Waals surface area contributed by atoms with E-state index < -0.39 is 0 Å². The van der Waals surface area contributed by atoms with E-state index in [1.807, 2.05) is 6.92 Å². The molecule has 7 nitrogen and oxygen atoms in total. The van der Waals surface area contributed by atoms with Crippen molar-refractivity contribution in [3.8, 4) is 0 Å². The van der Waals surface area contributed by atoms with E-state index in [0.717, 1.165) is 44.5 Å². The van der Waals surface area contributed by atoms with Gasteiger partial charge in [-0.25, -0.2) is 0 Å². The highest BCUT2D eigenvalue weighted by molar-refractivity contribution is 5.82. The van der Waals surface area contributed by atoms with Crippen LogP contribution in [0.4, 0.5) is 6.01 Å². The summed E-state index contributed by atoms with van der Waals surface area (Å²) in [5, 5.41) is 3.98. The smallest absolute Gasteiger partial charge is 0.324 e. The maximum atomic E-state index is 12.9. The molecule has 1 aromatic heterocycles. The molecule has 1 amide bonds. The Morgan fingerprint density at radius 2 is 1.75 bits per heavy atom. The zero-order valence-corrected chi connectivity index (χ0v) is 16.8. The normalized spacial score (nSPS) is 40.0. The molecule has 2 saturated carbocycles. The molecule has 6 atom stereocenters. The number of amides is 1. The maximum absolute atomic E-state index is 12.9. The van der Waals surface area contributed by atoms with Gasteiger partial charge in [-0.1, -0.05) is 5.16 Å². The molecule has 4 heterocycles. The van der Waals surface area contributed by atoms with Crippen molar-refractivity contribution in [2.75, 3.05) is 37.6 Å². The molecule has 5 fully saturated rings. The van der Waals surface area contributed by atoms with Crippen molar-refractivity contribution in [3.05, 3.63) is 5.82 Å². The number of anilines is 1. The maximum Gasteiger partial charge on any atom is 0.324 e. The van der Waals surface area contributed by atoms with Crippen LogP contribution in [0.25, 0.3) is 0 Å². The van der Waals surface area contributed by atoms with Crippen molar-refractivity contribution in [1.82, 2.24) is 19.9 Å². The number of hydrogen-bond acceptors (Lipinski definition) is 6. The van der Waals surface area contributed by atoms with Gasteiger partial charge in [0, 0.05) is 50.7 Å². The molecule has 28 heavy (non-hydrogen) atoms. The molecule has 0 spiro atoms. The summed E-state index contributed by atoms with van der Waals surface area (Å²) >= 11 is 0. The average molecular weight is 386 g/mol. The minimum absolute atomic E-state index is 0.340. The highest BCUT2D eigenvalue weighted by atomic mass is 16.5. The van der Waals surface area contributed by atoms with Crippen LogP contribution in [0, 0.1) is 30.6 Å². The van der Waals surface area contributed by atoms with Gasteiger partial charge >= 0.3 is 6.01 Å². The Bertz CT molecular complexity index is 748. The molecule has 5 aliphatic rings. The summed E-state index contributed by atoms with van der Waals surface area (Å²) in [4.78, 5) is 24.5. The summed E-state index contributed by atoms with van der Waals surface area (Å²) in [6.07, 6.45) is 7.42. The summed E-state index contributed by atoms with van der Waals surface area (Å²) in [6, 6.07) is 1.91. The van der Waals surface area contributed by atoms with E-state index >= 15 is 0 Å². The van der Waals surface area contributed by atoms with Gasteiger partial charge in [-0.05, 0) is 63.2 Å². The Kier molecular flexibility index (Phi) is 3.97. The number of rotatable bonds is 3. The quantitative estimate of drug-likeness (QED) is 0.792. The summed E-state index contributed by atoms with van der Waals surface area (Å²) in [5.74, 6) is 3.52. The second kappa shape index (κ2) is 6.44. The van der Waals surface area contributed by atoms with Gasteiger partial charge in [0.15, 0.2) is 5.82 Å². The Hall–Kier alpha value is -1.63. The summed E-state index contributed by atoms with van der Waals surface area (Å²) in [6.45, 7) is 7.21. The van der Waals surface area contributed by atoms with Crippen LogP contribution in [0.3, 0.4) is 0 Å². The first-order valence-electron chi connectivity index (χ1n) is 11.3. The molecular formula is C21H31N5O2. The van der Waals surface area contributed by atoms with Crippen LogP contribution in [0.15, 0.2) is 4.52 Å². The molecular weight excluding hydrogens is 354 g/mol. The van der Waals surface area contributed by atoms with Gasteiger partial charge in [-0.3, -0.25) is 9.69 Å². The average Bonchev–Trinajstić information content (AvgIpc) is 3.06. The second-order valence-electron chi connectivity index (χ2n) is 9.85. The number of piperidine rings is 2. The van der Waals surface area contributed by atoms with E-state index in [0.29, 0.717) is 41.8 Å². The molecule has 6 rings (SSSR count). The fraction of sp³-hybridized carbons (Fsp3) is 0.857. The van der Waals surface area contributed by atoms with Crippen LogP contribution >= 0.6 is 0 Å². The van der Waals surface area contributed by atoms with E-state index in [1.54, 1.807) is 0 Å². The van der Waals surface area contributed by atoms with Crippen molar-refractivity contribution < 1.29 is 9.32 Å². The topological polar surface area (TPSA) is 65.7 Å². The van der Waals surface area contributed by atoms with Gasteiger partial charge in [-0.15, -0.1) is 0 Å². The summed E-state index contributed by atoms with van der Waals surface area (Å²) in [5.41, 5.74) is 0. The number of aromatic nitrogens is 2. The van der Waals surface area contributed by atoms with E-state index in [1.165, 1.54) is 38.5 Å². The van der Waals surface area contributed by atoms with Crippen LogP contribution < -0.4 is 4.90 Å². The number of carbonyl (C=O) groups is 1. The monoisotopic (exact) mass is 385 g/mol. The third-order valence-corrected chi connectivity index (χ3v) is 8.10. The molecule has 1 aromatic rings. The largest absolute Gasteiger partial charge is 0.342 e. The van der Waals surface area contributed by atoms with Gasteiger partial charge in [0.2, 0.25) is 5.91 Å². The molecule has 3 saturated heterocycles. The third kappa shape index (κ3) is 2.77. The first kappa shape index (κ1) is 17.2. The van der Waals surface area contributed by atoms with Gasteiger partial charge < -0.3 is 14.3 Å². The predicted molar refractivity (Wildman–Crippen MR) is 104 cm³/mol. The Morgan fingerprint density at radius 1 is 1.00 bits per heavy atom. The lowest BCUT2D eigenvalue weighted by Gasteiger charge is -2.36. The lowest BCUT2D eigenvalue weighted by atomic mass is 9.85. The molecule has 7 heteroatoms. The van der Waals surface area contributed by atoms with Gasteiger partial charge in [-0.2, -0.15) is 4.98 Å². The number of aryl methyl sites for hydroxylation is 1. The SMILES string of the molecule is Cc1noc(N2CC3CC(N4C[C@@H]5C(C(=O)N6CCCCC6)[C@@H]5C4)CC2C3)n1. The summed E-state index contributed by atoms with van der Waals surface area (Å²) in [7, 11) is 0. The molecule has 0 aromatic carbocycles. The molecule has 152 valence electrons. The van der Waals surface area contributed by atoms with Gasteiger partial charge in [0.25, 0.3) is 0 Å². The number of likely N-dealkylation sites (tertiary alicyclic amines) is 2. The van der Waals surface area contributed by atoms with Crippen LogP contribution in [-0.2, 0) is 4.79 Å². The van der Waals surface area contributed by atoms with Crippen molar-refractivity contribution in [1.29, 1.82) is 0 Å².